The number of rotatable bonds is 6. The molecule has 7 heteroatoms. The molecule has 0 aliphatic rings. The smallest absolute Gasteiger partial charge is 0.376 e. The highest BCUT2D eigenvalue weighted by Gasteiger charge is 2.54. The van der Waals surface area contributed by atoms with Gasteiger partial charge < -0.3 is 15.7 Å². The number of anilines is 1. The Hall–Kier alpha value is -2.54. The average Bonchev–Trinajstić information content (AvgIpc) is 2.61. The Morgan fingerprint density at radius 2 is 1.65 bits per heavy atom. The van der Waals surface area contributed by atoms with Gasteiger partial charge in [-0.3, -0.25) is 0 Å². The van der Waals surface area contributed by atoms with Crippen molar-refractivity contribution < 1.29 is 23.1 Å². The van der Waals surface area contributed by atoms with Crippen LogP contribution < -0.4 is 10.6 Å². The van der Waals surface area contributed by atoms with Gasteiger partial charge in [-0.25, -0.2) is 4.79 Å². The first kappa shape index (κ1) is 19.8. The molecule has 26 heavy (non-hydrogen) atoms. The van der Waals surface area contributed by atoms with E-state index in [-0.39, 0.29) is 12.0 Å². The van der Waals surface area contributed by atoms with Gasteiger partial charge in [0.05, 0.1) is 0 Å². The maximum atomic E-state index is 13.2. The predicted molar refractivity (Wildman–Crippen MR) is 93.6 cm³/mol. The van der Waals surface area contributed by atoms with E-state index in [1.807, 2.05) is 30.3 Å². The van der Waals surface area contributed by atoms with Crippen molar-refractivity contribution in [3.63, 3.8) is 0 Å². The normalized spacial score (nSPS) is 13.7. The lowest BCUT2D eigenvalue weighted by Crippen LogP contribution is -2.42. The molecular formula is C19H21F3N2O2. The molecule has 0 heterocycles. The van der Waals surface area contributed by atoms with Gasteiger partial charge in [-0.15, -0.1) is 0 Å². The summed E-state index contributed by atoms with van der Waals surface area (Å²) in [6.07, 6.45) is -5.02. The third-order valence-corrected chi connectivity index (χ3v) is 4.00. The number of carbonyl (C=O) groups excluding carboxylic acids is 1. The molecule has 3 N–H and O–H groups in total. The third-order valence-electron chi connectivity index (χ3n) is 4.00. The Kier molecular flexibility index (Phi) is 6.26. The molecule has 0 bridgehead atoms. The zero-order valence-electron chi connectivity index (χ0n) is 14.3. The predicted octanol–water partition coefficient (Wildman–Crippen LogP) is 4.56. The lowest BCUT2D eigenvalue weighted by molar-refractivity contribution is -0.269. The van der Waals surface area contributed by atoms with E-state index in [9.17, 15) is 23.1 Å². The fourth-order valence-corrected chi connectivity index (χ4v) is 2.59. The molecule has 0 radical (unpaired) electrons. The molecule has 0 fully saturated rings. The summed E-state index contributed by atoms with van der Waals surface area (Å²) in [6, 6.07) is 13.9. The Labute approximate surface area is 150 Å². The van der Waals surface area contributed by atoms with Crippen molar-refractivity contribution in [1.82, 2.24) is 5.32 Å². The lowest BCUT2D eigenvalue weighted by atomic mass is 9.88. The topological polar surface area (TPSA) is 61.4 Å². The van der Waals surface area contributed by atoms with E-state index in [1.165, 1.54) is 24.3 Å². The van der Waals surface area contributed by atoms with E-state index in [1.54, 1.807) is 6.92 Å². The molecule has 1 atom stereocenters. The van der Waals surface area contributed by atoms with Crippen LogP contribution in [-0.4, -0.2) is 17.3 Å². The van der Waals surface area contributed by atoms with Gasteiger partial charge in [0.2, 0.25) is 0 Å². The van der Waals surface area contributed by atoms with Crippen LogP contribution in [0.1, 0.15) is 30.9 Å². The minimum absolute atomic E-state index is 0.178. The summed E-state index contributed by atoms with van der Waals surface area (Å²) in [5.41, 5.74) is -1.88. The van der Waals surface area contributed by atoms with Gasteiger partial charge in [-0.05, 0) is 29.7 Å². The van der Waals surface area contributed by atoms with Crippen LogP contribution >= 0.6 is 0 Å². The maximum absolute atomic E-state index is 13.2. The third kappa shape index (κ3) is 4.76. The number of urea groups is 1. The molecule has 4 nitrogen and oxygen atoms in total. The molecule has 0 spiro atoms. The SMILES string of the molecule is CCCC(O)(c1ccc(NC(=O)NCc2ccccc2)cc1)C(F)(F)F. The second kappa shape index (κ2) is 8.23. The van der Waals surface area contributed by atoms with Gasteiger partial charge in [0.25, 0.3) is 0 Å². The van der Waals surface area contributed by atoms with Crippen LogP contribution in [-0.2, 0) is 12.1 Å². The van der Waals surface area contributed by atoms with E-state index >= 15 is 0 Å². The summed E-state index contributed by atoms with van der Waals surface area (Å²) in [5, 5.41) is 15.3. The quantitative estimate of drug-likeness (QED) is 0.702. The number of halogens is 3. The van der Waals surface area contributed by atoms with Crippen molar-refractivity contribution in [2.75, 3.05) is 5.32 Å². The van der Waals surface area contributed by atoms with E-state index in [0.717, 1.165) is 5.56 Å². The van der Waals surface area contributed by atoms with Gasteiger partial charge >= 0.3 is 12.2 Å². The van der Waals surface area contributed by atoms with Crippen LogP contribution in [0.25, 0.3) is 0 Å². The van der Waals surface area contributed by atoms with E-state index in [4.69, 9.17) is 0 Å². The van der Waals surface area contributed by atoms with Crippen molar-refractivity contribution >= 4 is 11.7 Å². The fourth-order valence-electron chi connectivity index (χ4n) is 2.59. The number of amides is 2. The Balaban J connectivity index is 2.01. The fraction of sp³-hybridized carbons (Fsp3) is 0.316. The van der Waals surface area contributed by atoms with E-state index < -0.39 is 24.2 Å². The standard InChI is InChI=1S/C19H21F3N2O2/c1-2-12-18(26,19(20,21)22)15-8-10-16(11-9-15)24-17(25)23-13-14-6-4-3-5-7-14/h3-11,26H,2,12-13H2,1H3,(H2,23,24,25). The monoisotopic (exact) mass is 366 g/mol. The number of hydrogen-bond donors (Lipinski definition) is 3. The van der Waals surface area contributed by atoms with Crippen LogP contribution in [0.4, 0.5) is 23.7 Å². The lowest BCUT2D eigenvalue weighted by Gasteiger charge is -2.30. The van der Waals surface area contributed by atoms with Gasteiger partial charge in [0, 0.05) is 12.2 Å². The minimum atomic E-state index is -4.77. The number of alkyl halides is 3. The van der Waals surface area contributed by atoms with Crippen LogP contribution in [0.3, 0.4) is 0 Å². The molecule has 0 saturated carbocycles. The van der Waals surface area contributed by atoms with Gasteiger partial charge in [0.1, 0.15) is 0 Å². The molecule has 0 aromatic heterocycles. The summed E-state index contributed by atoms with van der Waals surface area (Å²) in [7, 11) is 0. The number of carbonyl (C=O) groups is 1. The Morgan fingerprint density at radius 1 is 1.04 bits per heavy atom. The van der Waals surface area contributed by atoms with E-state index in [0.29, 0.717) is 12.2 Å². The molecule has 2 aromatic carbocycles. The van der Waals surface area contributed by atoms with Crippen LogP contribution in [0.15, 0.2) is 54.6 Å². The second-order valence-electron chi connectivity index (χ2n) is 5.98. The van der Waals surface area contributed by atoms with Crippen LogP contribution in [0.5, 0.6) is 0 Å². The molecule has 0 saturated heterocycles. The van der Waals surface area contributed by atoms with Gasteiger partial charge in [0.15, 0.2) is 5.60 Å². The van der Waals surface area contributed by atoms with Crippen LogP contribution in [0, 0.1) is 0 Å². The summed E-state index contributed by atoms with van der Waals surface area (Å²) in [5.74, 6) is 0. The molecule has 2 amide bonds. The first-order valence-corrected chi connectivity index (χ1v) is 8.24. The van der Waals surface area contributed by atoms with Crippen LogP contribution in [0.2, 0.25) is 0 Å². The first-order valence-electron chi connectivity index (χ1n) is 8.24. The molecule has 2 aromatic rings. The summed E-state index contributed by atoms with van der Waals surface area (Å²) in [4.78, 5) is 11.9. The number of benzene rings is 2. The molecular weight excluding hydrogens is 345 g/mol. The zero-order valence-corrected chi connectivity index (χ0v) is 14.3. The molecule has 140 valence electrons. The van der Waals surface area contributed by atoms with Gasteiger partial charge in [-0.1, -0.05) is 55.8 Å². The largest absolute Gasteiger partial charge is 0.421 e. The minimum Gasteiger partial charge on any atom is -0.376 e. The van der Waals surface area contributed by atoms with Crippen molar-refractivity contribution in [2.24, 2.45) is 0 Å². The summed E-state index contributed by atoms with van der Waals surface area (Å²) >= 11 is 0. The average molecular weight is 366 g/mol. The Bertz CT molecular complexity index is 718. The van der Waals surface area contributed by atoms with Crippen molar-refractivity contribution in [2.45, 2.75) is 38.1 Å². The molecule has 0 aliphatic heterocycles. The number of nitrogens with one attached hydrogen (secondary N) is 2. The highest BCUT2D eigenvalue weighted by molar-refractivity contribution is 5.89. The maximum Gasteiger partial charge on any atom is 0.421 e. The first-order chi connectivity index (χ1) is 12.3. The molecule has 1 unspecified atom stereocenters. The van der Waals surface area contributed by atoms with E-state index in [2.05, 4.69) is 10.6 Å². The van der Waals surface area contributed by atoms with Crippen molar-refractivity contribution in [3.8, 4) is 0 Å². The second-order valence-corrected chi connectivity index (χ2v) is 5.98. The summed E-state index contributed by atoms with van der Waals surface area (Å²) < 4.78 is 39.7. The number of hydrogen-bond acceptors (Lipinski definition) is 2. The van der Waals surface area contributed by atoms with Gasteiger partial charge in [-0.2, -0.15) is 13.2 Å². The Morgan fingerprint density at radius 3 is 2.19 bits per heavy atom. The molecule has 0 aliphatic carbocycles. The summed E-state index contributed by atoms with van der Waals surface area (Å²) in [6.45, 7) is 1.90. The van der Waals surface area contributed by atoms with Crippen molar-refractivity contribution in [1.29, 1.82) is 0 Å². The van der Waals surface area contributed by atoms with Crippen molar-refractivity contribution in [3.05, 3.63) is 65.7 Å². The highest BCUT2D eigenvalue weighted by atomic mass is 19.4. The molecule has 2 rings (SSSR count). The number of aliphatic hydroxyl groups is 1. The highest BCUT2D eigenvalue weighted by Crippen LogP contribution is 2.42. The zero-order chi connectivity index (χ0) is 19.2.